The van der Waals surface area contributed by atoms with E-state index < -0.39 is 6.10 Å². The van der Waals surface area contributed by atoms with Gasteiger partial charge in [0.25, 0.3) is 5.91 Å². The number of benzene rings is 1. The first-order valence-corrected chi connectivity index (χ1v) is 6.22. The molecule has 1 aromatic carbocycles. The molecule has 5 heteroatoms. The summed E-state index contributed by atoms with van der Waals surface area (Å²) >= 11 is 0. The molecule has 0 fully saturated rings. The van der Waals surface area contributed by atoms with Crippen molar-refractivity contribution in [3.05, 3.63) is 23.8 Å². The number of methoxy groups -OCH3 is 1. The second-order valence-electron chi connectivity index (χ2n) is 4.57. The Morgan fingerprint density at radius 3 is 2.53 bits per heavy atom. The molecule has 1 rings (SSSR count). The van der Waals surface area contributed by atoms with Gasteiger partial charge in [-0.2, -0.15) is 0 Å². The summed E-state index contributed by atoms with van der Waals surface area (Å²) in [6, 6.07) is 5.17. The molecule has 2 N–H and O–H groups in total. The van der Waals surface area contributed by atoms with Crippen molar-refractivity contribution >= 4 is 5.91 Å². The van der Waals surface area contributed by atoms with Crippen LogP contribution in [0.25, 0.3) is 0 Å². The Hall–Kier alpha value is -1.75. The quantitative estimate of drug-likeness (QED) is 0.819. The molecule has 1 unspecified atom stereocenters. The fourth-order valence-electron chi connectivity index (χ4n) is 1.56. The maximum Gasteiger partial charge on any atom is 0.260 e. The summed E-state index contributed by atoms with van der Waals surface area (Å²) in [5, 5.41) is 11.9. The van der Waals surface area contributed by atoms with E-state index in [1.54, 1.807) is 25.1 Å². The monoisotopic (exact) mass is 267 g/mol. The summed E-state index contributed by atoms with van der Waals surface area (Å²) in [5.74, 6) is 0.785. The van der Waals surface area contributed by atoms with Crippen LogP contribution in [0, 0.1) is 0 Å². The maximum atomic E-state index is 11.8. The van der Waals surface area contributed by atoms with E-state index in [0.717, 1.165) is 0 Å². The van der Waals surface area contributed by atoms with Crippen LogP contribution in [0.4, 0.5) is 0 Å². The number of carbonyl (C=O) groups excluding carboxylic acids is 1. The van der Waals surface area contributed by atoms with Gasteiger partial charge in [0.1, 0.15) is 0 Å². The van der Waals surface area contributed by atoms with Gasteiger partial charge in [0.05, 0.1) is 13.7 Å². The average Bonchev–Trinajstić information content (AvgIpc) is 2.37. The molecule has 0 aliphatic rings. The van der Waals surface area contributed by atoms with Gasteiger partial charge in [-0.1, -0.05) is 6.07 Å². The van der Waals surface area contributed by atoms with Crippen LogP contribution < -0.4 is 14.8 Å². The molecule has 0 saturated carbocycles. The van der Waals surface area contributed by atoms with Crippen molar-refractivity contribution in [3.63, 3.8) is 0 Å². The molecule has 106 valence electrons. The van der Waals surface area contributed by atoms with Gasteiger partial charge >= 0.3 is 0 Å². The molecule has 0 aliphatic carbocycles. The van der Waals surface area contributed by atoms with E-state index in [4.69, 9.17) is 14.6 Å². The predicted octanol–water partition coefficient (Wildman–Crippen LogP) is 1.48. The fraction of sp³-hybridized carbons (Fsp3) is 0.500. The highest BCUT2D eigenvalue weighted by Crippen LogP contribution is 2.29. The number of hydrogen-bond donors (Lipinski definition) is 2. The Morgan fingerprint density at radius 1 is 1.32 bits per heavy atom. The van der Waals surface area contributed by atoms with E-state index >= 15 is 0 Å². The van der Waals surface area contributed by atoms with Crippen molar-refractivity contribution in [1.82, 2.24) is 5.32 Å². The Morgan fingerprint density at radius 2 is 2.00 bits per heavy atom. The molecule has 5 nitrogen and oxygen atoms in total. The molecule has 0 heterocycles. The summed E-state index contributed by atoms with van der Waals surface area (Å²) < 4.78 is 10.8. The Labute approximate surface area is 113 Å². The number of nitrogens with one attached hydrogen (secondary N) is 1. The van der Waals surface area contributed by atoms with Crippen LogP contribution in [0.15, 0.2) is 18.2 Å². The van der Waals surface area contributed by atoms with E-state index in [1.165, 1.54) is 7.11 Å². The molecule has 0 aliphatic heterocycles. The number of hydrogen-bond acceptors (Lipinski definition) is 4. The van der Waals surface area contributed by atoms with Crippen molar-refractivity contribution in [1.29, 1.82) is 0 Å². The normalized spacial score (nSPS) is 12.1. The minimum Gasteiger partial charge on any atom is -0.493 e. The van der Waals surface area contributed by atoms with Gasteiger partial charge in [-0.25, -0.2) is 0 Å². The van der Waals surface area contributed by atoms with Gasteiger partial charge in [-0.3, -0.25) is 4.79 Å². The Bertz CT molecular complexity index is 431. The SMILES string of the molecule is COc1ccc(CO)cc1OC(C)C(=O)NC(C)C. The summed E-state index contributed by atoms with van der Waals surface area (Å²) in [4.78, 5) is 11.8. The predicted molar refractivity (Wildman–Crippen MR) is 72.3 cm³/mol. The highest BCUT2D eigenvalue weighted by molar-refractivity contribution is 5.81. The van der Waals surface area contributed by atoms with Gasteiger partial charge < -0.3 is 19.9 Å². The zero-order chi connectivity index (χ0) is 14.4. The Kier molecular flexibility index (Phi) is 5.63. The smallest absolute Gasteiger partial charge is 0.260 e. The van der Waals surface area contributed by atoms with Crippen molar-refractivity contribution < 1.29 is 19.4 Å². The lowest BCUT2D eigenvalue weighted by molar-refractivity contribution is -0.127. The third kappa shape index (κ3) is 4.44. The Balaban J connectivity index is 2.82. The molecule has 19 heavy (non-hydrogen) atoms. The molecule has 1 aromatic rings. The lowest BCUT2D eigenvalue weighted by Gasteiger charge is -2.18. The largest absolute Gasteiger partial charge is 0.493 e. The van der Waals surface area contributed by atoms with E-state index in [-0.39, 0.29) is 18.6 Å². The zero-order valence-electron chi connectivity index (χ0n) is 11.8. The van der Waals surface area contributed by atoms with Gasteiger partial charge in [0.15, 0.2) is 17.6 Å². The van der Waals surface area contributed by atoms with Crippen LogP contribution in [-0.4, -0.2) is 30.3 Å². The van der Waals surface area contributed by atoms with Crippen LogP contribution in [-0.2, 0) is 11.4 Å². The molecule has 0 saturated heterocycles. The fourth-order valence-corrected chi connectivity index (χ4v) is 1.56. The van der Waals surface area contributed by atoms with E-state index in [1.807, 2.05) is 13.8 Å². The van der Waals surface area contributed by atoms with Crippen molar-refractivity contribution in [3.8, 4) is 11.5 Å². The molecule has 0 radical (unpaired) electrons. The van der Waals surface area contributed by atoms with Crippen molar-refractivity contribution in [2.75, 3.05) is 7.11 Å². The van der Waals surface area contributed by atoms with Crippen LogP contribution >= 0.6 is 0 Å². The molecule has 1 amide bonds. The van der Waals surface area contributed by atoms with E-state index in [2.05, 4.69) is 5.32 Å². The molecule has 0 spiro atoms. The number of amides is 1. The second-order valence-corrected chi connectivity index (χ2v) is 4.57. The van der Waals surface area contributed by atoms with Crippen molar-refractivity contribution in [2.24, 2.45) is 0 Å². The first kappa shape index (κ1) is 15.3. The molecular weight excluding hydrogens is 246 g/mol. The van der Waals surface area contributed by atoms with Crippen molar-refractivity contribution in [2.45, 2.75) is 39.5 Å². The van der Waals surface area contributed by atoms with Gasteiger partial charge in [0.2, 0.25) is 0 Å². The molecule has 1 atom stereocenters. The van der Waals surface area contributed by atoms with Gasteiger partial charge in [-0.05, 0) is 38.5 Å². The summed E-state index contributed by atoms with van der Waals surface area (Å²) in [6.45, 7) is 5.35. The number of aliphatic hydroxyl groups excluding tert-OH is 1. The maximum absolute atomic E-state index is 11.8. The van der Waals surface area contributed by atoms with Gasteiger partial charge in [0, 0.05) is 6.04 Å². The standard InChI is InChI=1S/C14H21NO4/c1-9(2)15-14(17)10(3)19-13-7-11(8-16)5-6-12(13)18-4/h5-7,9-10,16H,8H2,1-4H3,(H,15,17). The van der Waals surface area contributed by atoms with E-state index in [9.17, 15) is 4.79 Å². The van der Waals surface area contributed by atoms with E-state index in [0.29, 0.717) is 17.1 Å². The average molecular weight is 267 g/mol. The van der Waals surface area contributed by atoms with Crippen LogP contribution in [0.3, 0.4) is 0 Å². The first-order valence-electron chi connectivity index (χ1n) is 6.22. The third-order valence-electron chi connectivity index (χ3n) is 2.51. The van der Waals surface area contributed by atoms with Crippen LogP contribution in [0.5, 0.6) is 11.5 Å². The topological polar surface area (TPSA) is 67.8 Å². The highest BCUT2D eigenvalue weighted by atomic mass is 16.5. The summed E-state index contributed by atoms with van der Waals surface area (Å²) in [7, 11) is 1.53. The second kappa shape index (κ2) is 6.99. The third-order valence-corrected chi connectivity index (χ3v) is 2.51. The minimum absolute atomic E-state index is 0.0595. The number of ether oxygens (including phenoxy) is 2. The lowest BCUT2D eigenvalue weighted by Crippen LogP contribution is -2.40. The molecular formula is C14H21NO4. The van der Waals surface area contributed by atoms with Gasteiger partial charge in [-0.15, -0.1) is 0 Å². The minimum atomic E-state index is -0.634. The van der Waals surface area contributed by atoms with Crippen LogP contribution in [0.1, 0.15) is 26.3 Å². The summed E-state index contributed by atoms with van der Waals surface area (Å²) in [6.07, 6.45) is -0.634. The summed E-state index contributed by atoms with van der Waals surface area (Å²) in [5.41, 5.74) is 0.701. The lowest BCUT2D eigenvalue weighted by atomic mass is 10.2. The zero-order valence-corrected chi connectivity index (χ0v) is 11.8. The first-order chi connectivity index (χ1) is 8.97. The molecule has 0 bridgehead atoms. The number of rotatable bonds is 6. The number of carbonyl (C=O) groups is 1. The number of aliphatic hydroxyl groups is 1. The van der Waals surface area contributed by atoms with Crippen LogP contribution in [0.2, 0.25) is 0 Å². The molecule has 0 aromatic heterocycles. The highest BCUT2D eigenvalue weighted by Gasteiger charge is 2.17.